The minimum absolute atomic E-state index is 0.330. The van der Waals surface area contributed by atoms with E-state index in [9.17, 15) is 0 Å². The molecule has 0 aliphatic carbocycles. The zero-order chi connectivity index (χ0) is 13.8. The lowest BCUT2D eigenvalue weighted by atomic mass is 10.4. The summed E-state index contributed by atoms with van der Waals surface area (Å²) in [5.74, 6) is 0. The average Bonchev–Trinajstić information content (AvgIpc) is 2.82. The van der Waals surface area contributed by atoms with Crippen molar-refractivity contribution in [3.05, 3.63) is 0 Å². The van der Waals surface area contributed by atoms with Gasteiger partial charge in [-0.3, -0.25) is 4.90 Å². The van der Waals surface area contributed by atoms with Crippen LogP contribution in [0.2, 0.25) is 0 Å². The Bertz CT molecular complexity index is 207. The van der Waals surface area contributed by atoms with Crippen LogP contribution < -0.4 is 0 Å². The highest BCUT2D eigenvalue weighted by Crippen LogP contribution is 2.13. The topological polar surface area (TPSA) is 30.9 Å². The summed E-state index contributed by atoms with van der Waals surface area (Å²) in [6, 6.07) is 0. The molecule has 0 aromatic rings. The van der Waals surface area contributed by atoms with Crippen LogP contribution in [0.4, 0.5) is 0 Å². The van der Waals surface area contributed by atoms with E-state index in [2.05, 4.69) is 11.8 Å². The minimum atomic E-state index is 0.330. The van der Waals surface area contributed by atoms with E-state index in [0.717, 1.165) is 45.7 Å². The first kappa shape index (κ1) is 17.2. The van der Waals surface area contributed by atoms with Crippen molar-refractivity contribution in [3.63, 3.8) is 0 Å². The molecule has 1 fully saturated rings. The third-order valence-corrected chi connectivity index (χ3v) is 3.51. The molecule has 0 aromatic heterocycles. The number of rotatable bonds is 12. The molecule has 0 saturated carbocycles. The number of halogens is 1. The normalized spacial score (nSPS) is 20.2. The van der Waals surface area contributed by atoms with Crippen LogP contribution in [0.15, 0.2) is 0 Å². The van der Waals surface area contributed by atoms with Gasteiger partial charge in [0.25, 0.3) is 0 Å². The third kappa shape index (κ3) is 9.63. The average molecular weight is 294 g/mol. The van der Waals surface area contributed by atoms with E-state index >= 15 is 0 Å². The highest BCUT2D eigenvalue weighted by molar-refractivity contribution is 6.20. The summed E-state index contributed by atoms with van der Waals surface area (Å²) >= 11 is 6.04. The van der Waals surface area contributed by atoms with Crippen LogP contribution in [0.5, 0.6) is 0 Å². The van der Waals surface area contributed by atoms with E-state index in [4.69, 9.17) is 25.8 Å². The highest BCUT2D eigenvalue weighted by atomic mass is 35.5. The maximum atomic E-state index is 6.04. The smallest absolute Gasteiger partial charge is 0.0701 e. The summed E-state index contributed by atoms with van der Waals surface area (Å²) in [6.07, 6.45) is 3.40. The molecule has 1 aliphatic rings. The van der Waals surface area contributed by atoms with Gasteiger partial charge in [-0.05, 0) is 19.4 Å². The summed E-state index contributed by atoms with van der Waals surface area (Å²) < 4.78 is 16.3. The summed E-state index contributed by atoms with van der Waals surface area (Å²) in [6.45, 7) is 9.49. The molecule has 1 heterocycles. The second kappa shape index (κ2) is 11.9. The molecule has 1 aliphatic heterocycles. The van der Waals surface area contributed by atoms with Gasteiger partial charge >= 0.3 is 0 Å². The Hall–Kier alpha value is 0.130. The molecule has 1 rings (SSSR count). The van der Waals surface area contributed by atoms with Crippen LogP contribution in [-0.4, -0.2) is 69.6 Å². The molecule has 114 valence electrons. The number of unbranched alkanes of at least 4 members (excludes halogenated alkanes) is 1. The maximum Gasteiger partial charge on any atom is 0.0701 e. The lowest BCUT2D eigenvalue weighted by molar-refractivity contribution is 0.0111. The molecular weight excluding hydrogens is 266 g/mol. The molecule has 1 atom stereocenters. The molecule has 0 N–H and O–H groups in total. The maximum absolute atomic E-state index is 6.04. The fraction of sp³-hybridized carbons (Fsp3) is 1.00. The number of nitrogens with zero attached hydrogens (tertiary/aromatic N) is 1. The van der Waals surface area contributed by atoms with Crippen LogP contribution in [0.1, 0.15) is 26.2 Å². The minimum Gasteiger partial charge on any atom is -0.379 e. The van der Waals surface area contributed by atoms with Gasteiger partial charge in [0, 0.05) is 25.1 Å². The van der Waals surface area contributed by atoms with E-state index in [1.165, 1.54) is 6.42 Å². The molecule has 0 spiro atoms. The highest BCUT2D eigenvalue weighted by Gasteiger charge is 2.19. The largest absolute Gasteiger partial charge is 0.379 e. The molecule has 4 nitrogen and oxygen atoms in total. The zero-order valence-electron chi connectivity index (χ0n) is 12.1. The van der Waals surface area contributed by atoms with Gasteiger partial charge in [0.15, 0.2) is 0 Å². The molecule has 0 amide bonds. The van der Waals surface area contributed by atoms with Crippen LogP contribution in [-0.2, 0) is 14.2 Å². The van der Waals surface area contributed by atoms with Crippen molar-refractivity contribution in [1.82, 2.24) is 4.90 Å². The SMILES string of the molecule is CCCCOCCOCCOCCN1CCC(Cl)C1. The van der Waals surface area contributed by atoms with Gasteiger partial charge in [0.1, 0.15) is 0 Å². The molecule has 19 heavy (non-hydrogen) atoms. The van der Waals surface area contributed by atoms with E-state index in [1.54, 1.807) is 0 Å². The second-order valence-electron chi connectivity index (χ2n) is 4.88. The molecule has 5 heteroatoms. The third-order valence-electron chi connectivity index (χ3n) is 3.15. The van der Waals surface area contributed by atoms with Gasteiger partial charge < -0.3 is 14.2 Å². The van der Waals surface area contributed by atoms with Crippen molar-refractivity contribution in [1.29, 1.82) is 0 Å². The Kier molecular flexibility index (Phi) is 10.8. The second-order valence-corrected chi connectivity index (χ2v) is 5.49. The first-order valence-corrected chi connectivity index (χ1v) is 7.86. The van der Waals surface area contributed by atoms with Gasteiger partial charge in [-0.2, -0.15) is 0 Å². The zero-order valence-corrected chi connectivity index (χ0v) is 12.9. The lowest BCUT2D eigenvalue weighted by Crippen LogP contribution is -2.25. The molecule has 1 saturated heterocycles. The molecular formula is C14H28ClNO3. The first-order chi connectivity index (χ1) is 9.33. The molecule has 0 bridgehead atoms. The number of likely N-dealkylation sites (tertiary alicyclic amines) is 1. The van der Waals surface area contributed by atoms with Crippen LogP contribution >= 0.6 is 11.6 Å². The fourth-order valence-corrected chi connectivity index (χ4v) is 2.26. The van der Waals surface area contributed by atoms with Crippen molar-refractivity contribution < 1.29 is 14.2 Å². The van der Waals surface area contributed by atoms with Gasteiger partial charge in [-0.15, -0.1) is 11.6 Å². The lowest BCUT2D eigenvalue weighted by Gasteiger charge is -2.14. The van der Waals surface area contributed by atoms with Gasteiger partial charge in [0.05, 0.1) is 33.0 Å². The van der Waals surface area contributed by atoms with E-state index in [0.29, 0.717) is 31.8 Å². The van der Waals surface area contributed by atoms with Crippen molar-refractivity contribution in [2.24, 2.45) is 0 Å². The van der Waals surface area contributed by atoms with E-state index in [-0.39, 0.29) is 0 Å². The van der Waals surface area contributed by atoms with Crippen molar-refractivity contribution in [3.8, 4) is 0 Å². The van der Waals surface area contributed by atoms with Crippen LogP contribution in [0, 0.1) is 0 Å². The van der Waals surface area contributed by atoms with Crippen molar-refractivity contribution in [2.75, 3.05) is 59.3 Å². The Morgan fingerprint density at radius 3 is 2.21 bits per heavy atom. The monoisotopic (exact) mass is 293 g/mol. The van der Waals surface area contributed by atoms with Gasteiger partial charge in [0.2, 0.25) is 0 Å². The Morgan fingerprint density at radius 2 is 1.63 bits per heavy atom. The first-order valence-electron chi connectivity index (χ1n) is 7.42. The summed E-state index contributed by atoms with van der Waals surface area (Å²) in [5, 5.41) is 0.330. The van der Waals surface area contributed by atoms with Gasteiger partial charge in [-0.25, -0.2) is 0 Å². The predicted octanol–water partition coefficient (Wildman–Crippen LogP) is 2.15. The molecule has 0 aromatic carbocycles. The fourth-order valence-electron chi connectivity index (χ4n) is 1.97. The molecule has 0 radical (unpaired) electrons. The summed E-state index contributed by atoms with van der Waals surface area (Å²) in [5.41, 5.74) is 0. The quantitative estimate of drug-likeness (QED) is 0.407. The Labute approximate surface area is 122 Å². The number of hydrogen-bond acceptors (Lipinski definition) is 4. The Balaban J connectivity index is 1.72. The van der Waals surface area contributed by atoms with Crippen molar-refractivity contribution >= 4 is 11.6 Å². The van der Waals surface area contributed by atoms with E-state index in [1.807, 2.05) is 0 Å². The predicted molar refractivity (Wildman–Crippen MR) is 78.1 cm³/mol. The van der Waals surface area contributed by atoms with Crippen LogP contribution in [0.3, 0.4) is 0 Å². The van der Waals surface area contributed by atoms with Crippen molar-refractivity contribution in [2.45, 2.75) is 31.6 Å². The Morgan fingerprint density at radius 1 is 1.00 bits per heavy atom. The number of hydrogen-bond donors (Lipinski definition) is 0. The number of alkyl halides is 1. The molecule has 1 unspecified atom stereocenters. The van der Waals surface area contributed by atoms with Gasteiger partial charge in [-0.1, -0.05) is 13.3 Å². The standard InChI is InChI=1S/C14H28ClNO3/c1-2-3-7-17-9-11-19-12-10-18-8-6-16-5-4-14(15)13-16/h14H,2-13H2,1H3. The summed E-state index contributed by atoms with van der Waals surface area (Å²) in [4.78, 5) is 2.35. The van der Waals surface area contributed by atoms with Crippen LogP contribution in [0.25, 0.3) is 0 Å². The van der Waals surface area contributed by atoms with E-state index < -0.39 is 0 Å². The summed E-state index contributed by atoms with van der Waals surface area (Å²) in [7, 11) is 0. The number of ether oxygens (including phenoxy) is 3.